The molecule has 0 bridgehead atoms. The van der Waals surface area contributed by atoms with E-state index in [0.29, 0.717) is 23.3 Å². The van der Waals surface area contributed by atoms with Gasteiger partial charge in [0.2, 0.25) is 5.88 Å². The summed E-state index contributed by atoms with van der Waals surface area (Å²) >= 11 is 1.91. The van der Waals surface area contributed by atoms with Crippen molar-refractivity contribution in [2.75, 3.05) is 24.6 Å². The fourth-order valence-electron chi connectivity index (χ4n) is 3.39. The Morgan fingerprint density at radius 1 is 1.36 bits per heavy atom. The fraction of sp³-hybridized carbons (Fsp3) is 0.647. The molecule has 3 atom stereocenters. The predicted molar refractivity (Wildman–Crippen MR) is 89.4 cm³/mol. The Balaban J connectivity index is 1.69. The minimum Gasteiger partial charge on any atom is -0.473 e. The molecule has 2 fully saturated rings. The van der Waals surface area contributed by atoms with Crippen LogP contribution >= 0.6 is 11.8 Å². The van der Waals surface area contributed by atoms with Crippen molar-refractivity contribution in [3.63, 3.8) is 0 Å². The highest BCUT2D eigenvalue weighted by molar-refractivity contribution is 7.99. The summed E-state index contributed by atoms with van der Waals surface area (Å²) in [6.07, 6.45) is 4.18. The molecule has 0 N–H and O–H groups in total. The van der Waals surface area contributed by atoms with Crippen LogP contribution in [-0.4, -0.2) is 46.5 Å². The molecule has 3 rings (SSSR count). The lowest BCUT2D eigenvalue weighted by atomic mass is 9.91. The van der Waals surface area contributed by atoms with Gasteiger partial charge in [-0.3, -0.25) is 4.79 Å². The van der Waals surface area contributed by atoms with Crippen molar-refractivity contribution in [3.05, 3.63) is 23.9 Å². The molecule has 0 saturated carbocycles. The third kappa shape index (κ3) is 3.75. The number of ether oxygens (including phenoxy) is 1. The van der Waals surface area contributed by atoms with Crippen LogP contribution in [-0.2, 0) is 0 Å². The van der Waals surface area contributed by atoms with Gasteiger partial charge in [-0.2, -0.15) is 11.8 Å². The number of piperidine rings is 1. The third-order valence-corrected chi connectivity index (χ3v) is 5.45. The van der Waals surface area contributed by atoms with Gasteiger partial charge >= 0.3 is 0 Å². The Morgan fingerprint density at radius 3 is 2.82 bits per heavy atom. The average molecular weight is 320 g/mol. The van der Waals surface area contributed by atoms with Gasteiger partial charge in [-0.25, -0.2) is 4.98 Å². The topological polar surface area (TPSA) is 42.4 Å². The maximum Gasteiger partial charge on any atom is 0.254 e. The maximum atomic E-state index is 12.7. The van der Waals surface area contributed by atoms with Gasteiger partial charge in [-0.1, -0.05) is 13.8 Å². The highest BCUT2D eigenvalue weighted by Gasteiger charge is 2.26. The highest BCUT2D eigenvalue weighted by atomic mass is 32.2. The first-order chi connectivity index (χ1) is 10.6. The van der Waals surface area contributed by atoms with Crippen molar-refractivity contribution in [2.24, 2.45) is 11.8 Å². The number of carbonyl (C=O) groups is 1. The molecule has 1 amide bonds. The summed E-state index contributed by atoms with van der Waals surface area (Å²) in [7, 11) is 0. The first-order valence-electron chi connectivity index (χ1n) is 8.11. The van der Waals surface area contributed by atoms with Gasteiger partial charge in [0.1, 0.15) is 6.10 Å². The van der Waals surface area contributed by atoms with E-state index < -0.39 is 0 Å². The SMILES string of the molecule is CC1CC(C)CN(C(=O)c2ccnc(OC3CCSC3)c2)C1. The largest absolute Gasteiger partial charge is 0.473 e. The second kappa shape index (κ2) is 6.90. The molecule has 3 unspecified atom stereocenters. The fourth-order valence-corrected chi connectivity index (χ4v) is 4.49. The zero-order chi connectivity index (χ0) is 15.5. The van der Waals surface area contributed by atoms with Crippen molar-refractivity contribution in [1.82, 2.24) is 9.88 Å². The van der Waals surface area contributed by atoms with Gasteiger partial charge in [0, 0.05) is 36.7 Å². The van der Waals surface area contributed by atoms with Crippen LogP contribution in [0.5, 0.6) is 5.88 Å². The Bertz CT molecular complexity index is 521. The van der Waals surface area contributed by atoms with E-state index in [2.05, 4.69) is 18.8 Å². The smallest absolute Gasteiger partial charge is 0.254 e. The van der Waals surface area contributed by atoms with Crippen molar-refractivity contribution >= 4 is 17.7 Å². The normalized spacial score (nSPS) is 28.6. The summed E-state index contributed by atoms with van der Waals surface area (Å²) in [4.78, 5) is 19.0. The van der Waals surface area contributed by atoms with Crippen LogP contribution < -0.4 is 4.74 Å². The molecule has 2 aliphatic heterocycles. The number of carbonyl (C=O) groups excluding carboxylic acids is 1. The maximum absolute atomic E-state index is 12.7. The molecular formula is C17H24N2O2S. The minimum absolute atomic E-state index is 0.103. The lowest BCUT2D eigenvalue weighted by Gasteiger charge is -2.35. The summed E-state index contributed by atoms with van der Waals surface area (Å²) in [5.41, 5.74) is 0.692. The average Bonchev–Trinajstić information content (AvgIpc) is 2.98. The zero-order valence-corrected chi connectivity index (χ0v) is 14.1. The number of hydrogen-bond acceptors (Lipinski definition) is 4. The third-order valence-electron chi connectivity index (χ3n) is 4.31. The summed E-state index contributed by atoms with van der Waals surface area (Å²) in [6.45, 7) is 6.13. The number of aromatic nitrogens is 1. The van der Waals surface area contributed by atoms with Gasteiger partial charge < -0.3 is 9.64 Å². The van der Waals surface area contributed by atoms with Gasteiger partial charge in [0.25, 0.3) is 5.91 Å². The molecule has 0 radical (unpaired) electrons. The van der Waals surface area contributed by atoms with Crippen LogP contribution in [0.25, 0.3) is 0 Å². The van der Waals surface area contributed by atoms with E-state index in [1.807, 2.05) is 16.7 Å². The van der Waals surface area contributed by atoms with Crippen LogP contribution in [0, 0.1) is 11.8 Å². The number of pyridine rings is 1. The molecule has 120 valence electrons. The van der Waals surface area contributed by atoms with Crippen molar-refractivity contribution in [2.45, 2.75) is 32.8 Å². The van der Waals surface area contributed by atoms with E-state index in [-0.39, 0.29) is 12.0 Å². The summed E-state index contributed by atoms with van der Waals surface area (Å²) < 4.78 is 5.89. The van der Waals surface area contributed by atoms with Crippen LogP contribution in [0.3, 0.4) is 0 Å². The Labute approximate surface area is 136 Å². The van der Waals surface area contributed by atoms with E-state index in [9.17, 15) is 4.79 Å². The monoisotopic (exact) mass is 320 g/mol. The lowest BCUT2D eigenvalue weighted by molar-refractivity contribution is 0.0622. The van der Waals surface area contributed by atoms with E-state index in [0.717, 1.165) is 31.0 Å². The van der Waals surface area contributed by atoms with Gasteiger partial charge in [-0.05, 0) is 36.5 Å². The number of thioether (sulfide) groups is 1. The molecule has 0 spiro atoms. The van der Waals surface area contributed by atoms with E-state index in [1.165, 1.54) is 6.42 Å². The van der Waals surface area contributed by atoms with E-state index in [4.69, 9.17) is 4.74 Å². The molecular weight excluding hydrogens is 296 g/mol. The Morgan fingerprint density at radius 2 is 2.14 bits per heavy atom. The summed E-state index contributed by atoms with van der Waals surface area (Å²) in [5.74, 6) is 3.98. The quantitative estimate of drug-likeness (QED) is 0.858. The second-order valence-corrected chi connectivity index (χ2v) is 7.79. The first-order valence-corrected chi connectivity index (χ1v) is 9.27. The molecule has 0 aromatic carbocycles. The van der Waals surface area contributed by atoms with E-state index in [1.54, 1.807) is 18.3 Å². The Kier molecular flexibility index (Phi) is 4.91. The number of likely N-dealkylation sites (tertiary alicyclic amines) is 1. The second-order valence-electron chi connectivity index (χ2n) is 6.64. The molecule has 5 heteroatoms. The molecule has 3 heterocycles. The number of amides is 1. The zero-order valence-electron chi connectivity index (χ0n) is 13.3. The lowest BCUT2D eigenvalue weighted by Crippen LogP contribution is -2.42. The molecule has 22 heavy (non-hydrogen) atoms. The standard InChI is InChI=1S/C17H24N2O2S/c1-12-7-13(2)10-19(9-12)17(20)14-3-5-18-16(8-14)21-15-4-6-22-11-15/h3,5,8,12-13,15H,4,6-7,9-11H2,1-2H3. The molecule has 1 aromatic heterocycles. The minimum atomic E-state index is 0.103. The van der Waals surface area contributed by atoms with Gasteiger partial charge in [0.15, 0.2) is 0 Å². The van der Waals surface area contributed by atoms with Crippen LogP contribution in [0.4, 0.5) is 0 Å². The number of nitrogens with zero attached hydrogens (tertiary/aromatic N) is 2. The molecule has 0 aliphatic carbocycles. The van der Waals surface area contributed by atoms with Gasteiger partial charge in [0.05, 0.1) is 0 Å². The van der Waals surface area contributed by atoms with E-state index >= 15 is 0 Å². The summed E-state index contributed by atoms with van der Waals surface area (Å²) in [5, 5.41) is 0. The molecule has 1 aromatic rings. The highest BCUT2D eigenvalue weighted by Crippen LogP contribution is 2.25. The van der Waals surface area contributed by atoms with Crippen molar-refractivity contribution in [1.29, 1.82) is 0 Å². The van der Waals surface area contributed by atoms with Crippen molar-refractivity contribution in [3.8, 4) is 5.88 Å². The Hall–Kier alpha value is -1.23. The molecule has 2 saturated heterocycles. The van der Waals surface area contributed by atoms with Gasteiger partial charge in [-0.15, -0.1) is 0 Å². The number of rotatable bonds is 3. The van der Waals surface area contributed by atoms with Crippen LogP contribution in [0.1, 0.15) is 37.0 Å². The first kappa shape index (κ1) is 15.7. The van der Waals surface area contributed by atoms with Crippen molar-refractivity contribution < 1.29 is 9.53 Å². The summed E-state index contributed by atoms with van der Waals surface area (Å²) in [6, 6.07) is 3.60. The number of hydrogen-bond donors (Lipinski definition) is 0. The molecule has 2 aliphatic rings. The molecule has 4 nitrogen and oxygen atoms in total. The predicted octanol–water partition coefficient (Wildman–Crippen LogP) is 3.08. The van der Waals surface area contributed by atoms with Crippen LogP contribution in [0.15, 0.2) is 18.3 Å². The van der Waals surface area contributed by atoms with Crippen LogP contribution in [0.2, 0.25) is 0 Å².